The molecule has 0 saturated carbocycles. The van der Waals surface area contributed by atoms with E-state index in [0.29, 0.717) is 78.1 Å². The summed E-state index contributed by atoms with van der Waals surface area (Å²) >= 11 is 0.944. The van der Waals surface area contributed by atoms with Crippen LogP contribution in [0, 0.1) is 22.9 Å². The molecule has 7 nitrogen and oxygen atoms in total. The van der Waals surface area contributed by atoms with E-state index in [2.05, 4.69) is 4.98 Å². The van der Waals surface area contributed by atoms with E-state index in [9.17, 15) is 28.3 Å². The van der Waals surface area contributed by atoms with Gasteiger partial charge in [0, 0.05) is 47.1 Å². The van der Waals surface area contributed by atoms with Crippen LogP contribution in [0.1, 0.15) is 43.0 Å². The molecule has 1 atom stereocenters. The highest BCUT2D eigenvalue weighted by atomic mass is 32.2. The van der Waals surface area contributed by atoms with Crippen molar-refractivity contribution in [1.29, 1.82) is 0 Å². The number of alkyl halides is 1. The third-order valence-corrected chi connectivity index (χ3v) is 8.64. The van der Waals surface area contributed by atoms with Crippen LogP contribution in [-0.4, -0.2) is 58.6 Å². The number of aliphatic hydroxyl groups is 1. The number of rotatable bonds is 11. The molecule has 2 heterocycles. The molecule has 3 N–H and O–H groups in total. The predicted octanol–water partition coefficient (Wildman–Crippen LogP) is 5.32. The Labute approximate surface area is 233 Å². The summed E-state index contributed by atoms with van der Waals surface area (Å²) in [5.41, 5.74) is 1.90. The van der Waals surface area contributed by atoms with Crippen LogP contribution in [0.15, 0.2) is 41.4 Å². The molecule has 1 aliphatic heterocycles. The van der Waals surface area contributed by atoms with Crippen LogP contribution in [0.4, 0.5) is 17.6 Å². The molecule has 1 aromatic heterocycles. The summed E-state index contributed by atoms with van der Waals surface area (Å²) in [6.07, 6.45) is 0.719. The number of carbonyl (C=O) groups excluding carboxylic acids is 1. The largest absolute Gasteiger partial charge is 0.497 e. The van der Waals surface area contributed by atoms with Crippen molar-refractivity contribution < 1.29 is 37.4 Å². The standard InChI is InChI=1S/C28H31F4N3O4S/c1-39-19-2-3-24-20(14-19)25(17(16-36)15-33-24)21(30)4-5-28(27(37)34-38)6-8-35(9-7-28)10-11-40-26-22(31)12-18(29)13-23(26)32/h2-3,12-15,21,36,38H,4-11,16H2,1H3,(H,34,37)/t21-/m1/s1. The molecule has 4 rings (SSSR count). The van der Waals surface area contributed by atoms with Gasteiger partial charge in [-0.3, -0.25) is 15.0 Å². The lowest BCUT2D eigenvalue weighted by molar-refractivity contribution is -0.143. The average molecular weight is 582 g/mol. The quantitative estimate of drug-likeness (QED) is 0.122. The first kappa shape index (κ1) is 30.0. The molecule has 0 spiro atoms. The Morgan fingerprint density at radius 1 is 1.20 bits per heavy atom. The maximum atomic E-state index is 15.9. The lowest BCUT2D eigenvalue weighted by Gasteiger charge is -2.40. The number of hydrogen-bond donors (Lipinski definition) is 3. The Morgan fingerprint density at radius 2 is 1.90 bits per heavy atom. The third kappa shape index (κ3) is 6.51. The molecule has 0 radical (unpaired) electrons. The fourth-order valence-electron chi connectivity index (χ4n) is 5.26. The minimum absolute atomic E-state index is 0.0320. The van der Waals surface area contributed by atoms with Crippen molar-refractivity contribution in [1.82, 2.24) is 15.4 Å². The van der Waals surface area contributed by atoms with E-state index in [-0.39, 0.29) is 17.7 Å². The van der Waals surface area contributed by atoms with E-state index in [1.165, 1.54) is 13.3 Å². The Hall–Kier alpha value is -2.93. The highest BCUT2D eigenvalue weighted by Gasteiger charge is 2.41. The molecule has 1 saturated heterocycles. The fourth-order valence-corrected chi connectivity index (χ4v) is 6.21. The number of methoxy groups -OCH3 is 1. The van der Waals surface area contributed by atoms with Gasteiger partial charge in [-0.05, 0) is 57.0 Å². The number of fused-ring (bicyclic) bond motifs is 1. The summed E-state index contributed by atoms with van der Waals surface area (Å²) < 4.78 is 62.1. The van der Waals surface area contributed by atoms with E-state index in [1.54, 1.807) is 23.7 Å². The lowest BCUT2D eigenvalue weighted by atomic mass is 9.73. The van der Waals surface area contributed by atoms with Gasteiger partial charge in [-0.15, -0.1) is 11.8 Å². The number of carbonyl (C=O) groups is 1. The van der Waals surface area contributed by atoms with Gasteiger partial charge in [-0.2, -0.15) is 0 Å². The number of pyridine rings is 1. The van der Waals surface area contributed by atoms with Gasteiger partial charge in [0.15, 0.2) is 0 Å². The molecule has 216 valence electrons. The maximum absolute atomic E-state index is 15.9. The van der Waals surface area contributed by atoms with Crippen LogP contribution in [-0.2, 0) is 11.4 Å². The predicted molar refractivity (Wildman–Crippen MR) is 142 cm³/mol. The first-order valence-electron chi connectivity index (χ1n) is 12.9. The molecule has 1 aliphatic rings. The van der Waals surface area contributed by atoms with Crippen molar-refractivity contribution in [2.75, 3.05) is 32.5 Å². The molecule has 0 bridgehead atoms. The average Bonchev–Trinajstić information content (AvgIpc) is 2.96. The van der Waals surface area contributed by atoms with Crippen LogP contribution < -0.4 is 10.2 Å². The van der Waals surface area contributed by atoms with Crippen LogP contribution in [0.25, 0.3) is 10.9 Å². The third-order valence-electron chi connectivity index (χ3n) is 7.57. The maximum Gasteiger partial charge on any atom is 0.249 e. The van der Waals surface area contributed by atoms with E-state index in [0.717, 1.165) is 11.8 Å². The number of amides is 1. The number of nitrogens with zero attached hydrogens (tertiary/aromatic N) is 2. The van der Waals surface area contributed by atoms with Crippen molar-refractivity contribution >= 4 is 28.6 Å². The molecule has 0 unspecified atom stereocenters. The number of hydrogen-bond acceptors (Lipinski definition) is 7. The fraction of sp³-hybridized carbons (Fsp3) is 0.429. The van der Waals surface area contributed by atoms with Crippen molar-refractivity contribution in [3.8, 4) is 5.75 Å². The second-order valence-electron chi connectivity index (χ2n) is 9.85. The molecular weight excluding hydrogens is 550 g/mol. The summed E-state index contributed by atoms with van der Waals surface area (Å²) in [6.45, 7) is 0.970. The summed E-state index contributed by atoms with van der Waals surface area (Å²) in [4.78, 5) is 18.9. The van der Waals surface area contributed by atoms with Gasteiger partial charge in [-0.25, -0.2) is 23.0 Å². The summed E-state index contributed by atoms with van der Waals surface area (Å²) in [6, 6.07) is 6.37. The van der Waals surface area contributed by atoms with E-state index in [1.807, 2.05) is 4.90 Å². The minimum Gasteiger partial charge on any atom is -0.497 e. The van der Waals surface area contributed by atoms with Gasteiger partial charge < -0.3 is 14.7 Å². The highest BCUT2D eigenvalue weighted by Crippen LogP contribution is 2.41. The van der Waals surface area contributed by atoms with Crippen LogP contribution in [0.3, 0.4) is 0 Å². The van der Waals surface area contributed by atoms with Gasteiger partial charge in [0.1, 0.15) is 29.4 Å². The van der Waals surface area contributed by atoms with E-state index >= 15 is 4.39 Å². The van der Waals surface area contributed by atoms with Crippen LogP contribution in [0.2, 0.25) is 0 Å². The zero-order chi connectivity index (χ0) is 28.9. The Morgan fingerprint density at radius 3 is 2.52 bits per heavy atom. The van der Waals surface area contributed by atoms with E-state index in [4.69, 9.17) is 4.74 Å². The Kier molecular flexibility index (Phi) is 9.88. The zero-order valence-electron chi connectivity index (χ0n) is 21.9. The molecular formula is C28H31F4N3O4S. The summed E-state index contributed by atoms with van der Waals surface area (Å²) in [5, 5.41) is 19.8. The molecule has 12 heteroatoms. The van der Waals surface area contributed by atoms with Gasteiger partial charge in [0.2, 0.25) is 5.91 Å². The second-order valence-corrected chi connectivity index (χ2v) is 11.0. The molecule has 3 aromatic rings. The van der Waals surface area contributed by atoms with Crippen molar-refractivity contribution in [2.24, 2.45) is 5.41 Å². The number of halogens is 4. The Bertz CT molecular complexity index is 1330. The van der Waals surface area contributed by atoms with E-state index < -0.39 is 41.6 Å². The highest BCUT2D eigenvalue weighted by molar-refractivity contribution is 7.99. The van der Waals surface area contributed by atoms with Crippen molar-refractivity contribution in [3.63, 3.8) is 0 Å². The number of thioether (sulfide) groups is 1. The number of piperidine rings is 1. The van der Waals surface area contributed by atoms with Gasteiger partial charge in [0.25, 0.3) is 0 Å². The topological polar surface area (TPSA) is 94.9 Å². The smallest absolute Gasteiger partial charge is 0.249 e. The number of nitrogens with one attached hydrogen (secondary N) is 1. The number of aromatic nitrogens is 1. The second kappa shape index (κ2) is 13.2. The summed E-state index contributed by atoms with van der Waals surface area (Å²) in [7, 11) is 1.50. The normalized spacial score (nSPS) is 16.2. The number of benzene rings is 2. The van der Waals surface area contributed by atoms with Crippen LogP contribution >= 0.6 is 11.8 Å². The molecule has 40 heavy (non-hydrogen) atoms. The number of likely N-dealkylation sites (tertiary alicyclic amines) is 1. The number of aliphatic hydroxyl groups excluding tert-OH is 1. The summed E-state index contributed by atoms with van der Waals surface area (Å²) in [5.74, 6) is -2.62. The van der Waals surface area contributed by atoms with Crippen molar-refractivity contribution in [3.05, 3.63) is 65.1 Å². The van der Waals surface area contributed by atoms with Gasteiger partial charge in [0.05, 0.1) is 29.5 Å². The van der Waals surface area contributed by atoms with Gasteiger partial charge in [-0.1, -0.05) is 0 Å². The first-order valence-corrected chi connectivity index (χ1v) is 13.8. The monoisotopic (exact) mass is 581 g/mol. The number of hydroxylamine groups is 1. The molecule has 2 aromatic carbocycles. The Balaban J connectivity index is 1.42. The lowest BCUT2D eigenvalue weighted by Crippen LogP contribution is -2.48. The molecule has 1 amide bonds. The zero-order valence-corrected chi connectivity index (χ0v) is 22.7. The first-order chi connectivity index (χ1) is 19.2. The SMILES string of the molecule is COc1ccc2ncc(CO)c([C@H](F)CCC3(C(=O)NO)CCN(CCSc4c(F)cc(F)cc4F)CC3)c2c1. The van der Waals surface area contributed by atoms with Crippen molar-refractivity contribution in [2.45, 2.75) is 43.4 Å². The minimum atomic E-state index is -1.52. The van der Waals surface area contributed by atoms with Gasteiger partial charge >= 0.3 is 0 Å². The molecule has 1 fully saturated rings. The molecule has 0 aliphatic carbocycles. The number of ether oxygens (including phenoxy) is 1. The van der Waals surface area contributed by atoms with Crippen LogP contribution in [0.5, 0.6) is 5.75 Å².